The maximum absolute atomic E-state index is 13.2. The van der Waals surface area contributed by atoms with Crippen molar-refractivity contribution in [1.29, 1.82) is 0 Å². The van der Waals surface area contributed by atoms with Gasteiger partial charge in [0.05, 0.1) is 29.6 Å². The predicted molar refractivity (Wildman–Crippen MR) is 151 cm³/mol. The fourth-order valence-electron chi connectivity index (χ4n) is 4.93. The SMILES string of the molecule is Cc1cccc([C@@H](CO)NC(=O)CN2Cc3ccc(-c4nc(NC5CC[S+]([O-])CC5)ncc4Cl)cc3C2=O)c1. The molecule has 1 atom stereocenters. The summed E-state index contributed by atoms with van der Waals surface area (Å²) in [5.74, 6) is 1.15. The second-order valence-corrected chi connectivity index (χ2v) is 12.0. The van der Waals surface area contributed by atoms with Crippen LogP contribution in [0.4, 0.5) is 5.95 Å². The summed E-state index contributed by atoms with van der Waals surface area (Å²) in [5.41, 5.74) is 4.32. The fourth-order valence-corrected chi connectivity index (χ4v) is 6.43. The van der Waals surface area contributed by atoms with Gasteiger partial charge in [-0.2, -0.15) is 0 Å². The smallest absolute Gasteiger partial charge is 0.254 e. The number of hydrogen-bond acceptors (Lipinski definition) is 7. The number of hydrogen-bond donors (Lipinski definition) is 3. The van der Waals surface area contributed by atoms with E-state index in [-0.39, 0.29) is 31.0 Å². The second-order valence-electron chi connectivity index (χ2n) is 9.91. The van der Waals surface area contributed by atoms with Crippen molar-refractivity contribution >= 4 is 40.5 Å². The minimum absolute atomic E-state index is 0.125. The van der Waals surface area contributed by atoms with Gasteiger partial charge >= 0.3 is 0 Å². The highest BCUT2D eigenvalue weighted by atomic mass is 35.5. The van der Waals surface area contributed by atoms with Gasteiger partial charge in [-0.3, -0.25) is 9.59 Å². The summed E-state index contributed by atoms with van der Waals surface area (Å²) in [7, 11) is 0. The number of aryl methyl sites for hydroxylation is 1. The maximum Gasteiger partial charge on any atom is 0.254 e. The second kappa shape index (κ2) is 11.9. The Morgan fingerprint density at radius 2 is 2.05 bits per heavy atom. The van der Waals surface area contributed by atoms with Gasteiger partial charge in [0.25, 0.3) is 5.91 Å². The molecule has 2 aromatic carbocycles. The number of nitrogens with zero attached hydrogens (tertiary/aromatic N) is 3. The normalized spacial score (nSPS) is 19.5. The minimum atomic E-state index is -0.755. The van der Waals surface area contributed by atoms with Crippen molar-refractivity contribution in [2.24, 2.45) is 0 Å². The van der Waals surface area contributed by atoms with E-state index in [1.54, 1.807) is 6.07 Å². The molecule has 11 heteroatoms. The topological polar surface area (TPSA) is 131 Å². The standard InChI is InChI=1S/C28H30ClN5O4S/c1-17-3-2-4-18(11-17)24(16-35)32-25(36)15-34-14-20-6-5-19(12-22(20)27(34)37)26-23(29)13-30-28(33-26)31-21-7-9-39(38)10-8-21/h2-6,11-13,21,24,35H,7-10,14-16H2,1H3,(H,32,36)(H,30,31,33)/t21?,24-,39?/m1/s1. The zero-order chi connectivity index (χ0) is 27.5. The molecule has 3 heterocycles. The van der Waals surface area contributed by atoms with Gasteiger partial charge < -0.3 is 25.2 Å². The van der Waals surface area contributed by atoms with Crippen molar-refractivity contribution in [3.63, 3.8) is 0 Å². The van der Waals surface area contributed by atoms with Crippen LogP contribution >= 0.6 is 11.6 Å². The monoisotopic (exact) mass is 567 g/mol. The highest BCUT2D eigenvalue weighted by molar-refractivity contribution is 7.91. The summed E-state index contributed by atoms with van der Waals surface area (Å²) in [4.78, 5) is 36.4. The van der Waals surface area contributed by atoms with Crippen molar-refractivity contribution in [2.75, 3.05) is 30.0 Å². The largest absolute Gasteiger partial charge is 0.616 e. The highest BCUT2D eigenvalue weighted by Crippen LogP contribution is 2.32. The summed E-state index contributed by atoms with van der Waals surface area (Å²) in [6.07, 6.45) is 3.11. The van der Waals surface area contributed by atoms with Crippen molar-refractivity contribution in [3.8, 4) is 11.3 Å². The average molecular weight is 568 g/mol. The van der Waals surface area contributed by atoms with E-state index in [2.05, 4.69) is 20.6 Å². The lowest BCUT2D eigenvalue weighted by Gasteiger charge is -2.25. The third kappa shape index (κ3) is 6.36. The lowest BCUT2D eigenvalue weighted by atomic mass is 10.0. The third-order valence-electron chi connectivity index (χ3n) is 7.02. The first-order valence-electron chi connectivity index (χ1n) is 12.8. The first-order valence-corrected chi connectivity index (χ1v) is 14.7. The molecule has 5 rings (SSSR count). The fraction of sp³-hybridized carbons (Fsp3) is 0.357. The molecule has 0 aliphatic carbocycles. The maximum atomic E-state index is 13.2. The molecule has 0 bridgehead atoms. The van der Waals surface area contributed by atoms with E-state index < -0.39 is 17.2 Å². The van der Waals surface area contributed by atoms with Crippen LogP contribution in [0.5, 0.6) is 0 Å². The Kier molecular flexibility index (Phi) is 8.37. The van der Waals surface area contributed by atoms with Crippen LogP contribution in [-0.2, 0) is 22.5 Å². The van der Waals surface area contributed by atoms with Crippen LogP contribution in [0.2, 0.25) is 5.02 Å². The molecule has 1 fully saturated rings. The van der Waals surface area contributed by atoms with Gasteiger partial charge in [-0.1, -0.05) is 64.7 Å². The van der Waals surface area contributed by atoms with E-state index >= 15 is 0 Å². The molecule has 39 heavy (non-hydrogen) atoms. The molecular weight excluding hydrogens is 538 g/mol. The molecule has 0 radical (unpaired) electrons. The Morgan fingerprint density at radius 1 is 1.26 bits per heavy atom. The Balaban J connectivity index is 1.27. The van der Waals surface area contributed by atoms with E-state index in [9.17, 15) is 19.2 Å². The molecule has 204 valence electrons. The number of carbonyl (C=O) groups excluding carboxylic acids is 2. The van der Waals surface area contributed by atoms with Gasteiger partial charge in [-0.05, 0) is 24.1 Å². The Labute approximate surface area is 235 Å². The Morgan fingerprint density at radius 3 is 2.79 bits per heavy atom. The van der Waals surface area contributed by atoms with E-state index in [0.717, 1.165) is 29.5 Å². The molecule has 2 aliphatic rings. The summed E-state index contributed by atoms with van der Waals surface area (Å²) >= 11 is 5.68. The quantitative estimate of drug-likeness (QED) is 0.356. The van der Waals surface area contributed by atoms with Crippen molar-refractivity contribution < 1.29 is 19.2 Å². The molecule has 0 spiro atoms. The van der Waals surface area contributed by atoms with Gasteiger partial charge in [0.2, 0.25) is 11.9 Å². The number of aromatic nitrogens is 2. The van der Waals surface area contributed by atoms with E-state index in [1.807, 2.05) is 43.3 Å². The van der Waals surface area contributed by atoms with Crippen LogP contribution in [0, 0.1) is 6.92 Å². The number of rotatable bonds is 8. The van der Waals surface area contributed by atoms with Crippen LogP contribution < -0.4 is 10.6 Å². The number of benzene rings is 2. The van der Waals surface area contributed by atoms with Gasteiger partial charge in [-0.15, -0.1) is 0 Å². The van der Waals surface area contributed by atoms with Crippen LogP contribution in [0.25, 0.3) is 11.3 Å². The van der Waals surface area contributed by atoms with E-state index in [1.165, 1.54) is 11.1 Å². The number of nitrogens with one attached hydrogen (secondary N) is 2. The Bertz CT molecular complexity index is 1380. The van der Waals surface area contributed by atoms with Crippen molar-refractivity contribution in [1.82, 2.24) is 20.2 Å². The molecular formula is C28H30ClN5O4S. The van der Waals surface area contributed by atoms with Gasteiger partial charge in [0.1, 0.15) is 18.1 Å². The third-order valence-corrected chi connectivity index (χ3v) is 8.68. The first-order chi connectivity index (χ1) is 18.8. The summed E-state index contributed by atoms with van der Waals surface area (Å²) in [6.45, 7) is 1.88. The summed E-state index contributed by atoms with van der Waals surface area (Å²) in [5, 5.41) is 16.3. The summed E-state index contributed by atoms with van der Waals surface area (Å²) in [6, 6.07) is 12.6. The number of halogens is 1. The molecule has 1 saturated heterocycles. The minimum Gasteiger partial charge on any atom is -0.616 e. The highest BCUT2D eigenvalue weighted by Gasteiger charge is 2.30. The van der Waals surface area contributed by atoms with Gasteiger partial charge in [-0.25, -0.2) is 9.97 Å². The number of aliphatic hydroxyl groups excluding tert-OH is 1. The van der Waals surface area contributed by atoms with Gasteiger partial charge in [0, 0.05) is 36.6 Å². The number of anilines is 1. The molecule has 0 unspecified atom stereocenters. The van der Waals surface area contributed by atoms with Crippen LogP contribution in [-0.4, -0.2) is 67.0 Å². The molecule has 2 aliphatic heterocycles. The molecule has 9 nitrogen and oxygen atoms in total. The van der Waals surface area contributed by atoms with Gasteiger partial charge in [0.15, 0.2) is 0 Å². The molecule has 0 saturated carbocycles. The van der Waals surface area contributed by atoms with Crippen LogP contribution in [0.15, 0.2) is 48.7 Å². The van der Waals surface area contributed by atoms with E-state index in [4.69, 9.17) is 11.6 Å². The van der Waals surface area contributed by atoms with Crippen LogP contribution in [0.1, 0.15) is 45.9 Å². The molecule has 3 N–H and O–H groups in total. The van der Waals surface area contributed by atoms with Crippen molar-refractivity contribution in [2.45, 2.75) is 38.4 Å². The molecule has 1 aromatic heterocycles. The van der Waals surface area contributed by atoms with E-state index in [0.29, 0.717) is 45.8 Å². The average Bonchev–Trinajstić information content (AvgIpc) is 3.23. The Hall–Kier alpha value is -3.18. The zero-order valence-electron chi connectivity index (χ0n) is 21.5. The number of amides is 2. The van der Waals surface area contributed by atoms with Crippen molar-refractivity contribution in [3.05, 3.63) is 75.9 Å². The lowest BCUT2D eigenvalue weighted by Crippen LogP contribution is -2.40. The predicted octanol–water partition coefficient (Wildman–Crippen LogP) is 3.23. The zero-order valence-corrected chi connectivity index (χ0v) is 23.1. The number of aliphatic hydroxyl groups is 1. The summed E-state index contributed by atoms with van der Waals surface area (Å²) < 4.78 is 11.6. The van der Waals surface area contributed by atoms with Crippen LogP contribution in [0.3, 0.4) is 0 Å². The molecule has 2 amide bonds. The number of carbonyl (C=O) groups is 2. The number of fused-ring (bicyclic) bond motifs is 1. The lowest BCUT2D eigenvalue weighted by molar-refractivity contribution is -0.122. The first kappa shape index (κ1) is 27.4. The molecule has 3 aromatic rings.